The van der Waals surface area contributed by atoms with Crippen LogP contribution in [-0.2, 0) is 12.8 Å². The van der Waals surface area contributed by atoms with Crippen molar-refractivity contribution < 1.29 is 9.47 Å². The summed E-state index contributed by atoms with van der Waals surface area (Å²) in [6.07, 6.45) is 7.88. The van der Waals surface area contributed by atoms with Crippen LogP contribution in [0, 0.1) is 12.8 Å². The predicted octanol–water partition coefficient (Wildman–Crippen LogP) is 6.76. The standard InChI is InChI=1S/C15H21BrO.C8H10O/c1-3-4-5-11-6-7-12-9-14(16)15(17-2)10-13(12)8-11;1-7-3-5-8(9-2)6-4-7/h9-11H,3-8H2,1-2H3;3-6H,1-2H3/t11-;/m1./s1. The molecular formula is C23H31BrO2. The van der Waals surface area contributed by atoms with Crippen molar-refractivity contribution in [1.82, 2.24) is 0 Å². The highest BCUT2D eigenvalue weighted by molar-refractivity contribution is 9.10. The Morgan fingerprint density at radius 2 is 1.77 bits per heavy atom. The van der Waals surface area contributed by atoms with E-state index in [0.717, 1.165) is 21.9 Å². The van der Waals surface area contributed by atoms with Crippen LogP contribution in [0.15, 0.2) is 40.9 Å². The van der Waals surface area contributed by atoms with Gasteiger partial charge in [-0.1, -0.05) is 43.9 Å². The first-order valence-electron chi connectivity index (χ1n) is 9.53. The lowest BCUT2D eigenvalue weighted by Gasteiger charge is -2.25. The van der Waals surface area contributed by atoms with Gasteiger partial charge in [-0.25, -0.2) is 0 Å². The van der Waals surface area contributed by atoms with Crippen LogP contribution in [0.2, 0.25) is 0 Å². The molecular weight excluding hydrogens is 388 g/mol. The van der Waals surface area contributed by atoms with Gasteiger partial charge in [0.1, 0.15) is 11.5 Å². The molecule has 0 aromatic heterocycles. The van der Waals surface area contributed by atoms with E-state index in [1.54, 1.807) is 14.2 Å². The molecule has 0 amide bonds. The summed E-state index contributed by atoms with van der Waals surface area (Å²) in [5.41, 5.74) is 4.26. The molecule has 2 aromatic rings. The Balaban J connectivity index is 0.000000228. The summed E-state index contributed by atoms with van der Waals surface area (Å²) in [6, 6.07) is 12.4. The summed E-state index contributed by atoms with van der Waals surface area (Å²) in [6.45, 7) is 4.33. The van der Waals surface area contributed by atoms with E-state index in [-0.39, 0.29) is 0 Å². The maximum Gasteiger partial charge on any atom is 0.133 e. The molecule has 1 aliphatic carbocycles. The second-order valence-corrected chi connectivity index (χ2v) is 7.88. The molecule has 0 radical (unpaired) electrons. The minimum atomic E-state index is 0.883. The fourth-order valence-corrected chi connectivity index (χ4v) is 3.95. The Morgan fingerprint density at radius 1 is 1.04 bits per heavy atom. The van der Waals surface area contributed by atoms with E-state index in [9.17, 15) is 0 Å². The number of hydrogen-bond acceptors (Lipinski definition) is 2. The zero-order valence-corrected chi connectivity index (χ0v) is 18.1. The van der Waals surface area contributed by atoms with Crippen molar-refractivity contribution in [2.24, 2.45) is 5.92 Å². The molecule has 2 aromatic carbocycles. The van der Waals surface area contributed by atoms with Gasteiger partial charge in [0, 0.05) is 0 Å². The summed E-state index contributed by atoms with van der Waals surface area (Å²) in [5.74, 6) is 2.77. The van der Waals surface area contributed by atoms with Crippen LogP contribution >= 0.6 is 15.9 Å². The Morgan fingerprint density at radius 3 is 2.38 bits per heavy atom. The second kappa shape index (κ2) is 10.6. The lowest BCUT2D eigenvalue weighted by atomic mass is 9.81. The fraction of sp³-hybridized carbons (Fsp3) is 0.478. The molecule has 1 aliphatic rings. The quantitative estimate of drug-likeness (QED) is 0.533. The Kier molecular flexibility index (Phi) is 8.50. The Hall–Kier alpha value is -1.48. The zero-order valence-electron chi connectivity index (χ0n) is 16.5. The molecule has 142 valence electrons. The van der Waals surface area contributed by atoms with Crippen molar-refractivity contribution in [3.63, 3.8) is 0 Å². The van der Waals surface area contributed by atoms with Gasteiger partial charge < -0.3 is 9.47 Å². The van der Waals surface area contributed by atoms with Crippen LogP contribution in [0.3, 0.4) is 0 Å². The Labute approximate surface area is 167 Å². The van der Waals surface area contributed by atoms with E-state index >= 15 is 0 Å². The molecule has 0 unspecified atom stereocenters. The summed E-state index contributed by atoms with van der Waals surface area (Å²) in [7, 11) is 3.41. The van der Waals surface area contributed by atoms with Gasteiger partial charge in [-0.15, -0.1) is 0 Å². The maximum absolute atomic E-state index is 5.38. The van der Waals surface area contributed by atoms with Crippen LogP contribution in [0.5, 0.6) is 11.5 Å². The van der Waals surface area contributed by atoms with E-state index in [0.29, 0.717) is 0 Å². The van der Waals surface area contributed by atoms with Gasteiger partial charge in [0.05, 0.1) is 18.7 Å². The number of ether oxygens (including phenoxy) is 2. The van der Waals surface area contributed by atoms with Crippen LogP contribution in [-0.4, -0.2) is 14.2 Å². The van der Waals surface area contributed by atoms with Crippen molar-refractivity contribution in [2.45, 2.75) is 52.4 Å². The molecule has 0 saturated carbocycles. The molecule has 26 heavy (non-hydrogen) atoms. The summed E-state index contributed by atoms with van der Waals surface area (Å²) in [5, 5.41) is 0. The molecule has 3 rings (SSSR count). The molecule has 0 N–H and O–H groups in total. The number of benzene rings is 2. The third-order valence-electron chi connectivity index (χ3n) is 5.03. The first kappa shape index (κ1) is 20.8. The van der Waals surface area contributed by atoms with E-state index in [1.807, 2.05) is 24.3 Å². The highest BCUT2D eigenvalue weighted by Crippen LogP contribution is 2.35. The smallest absolute Gasteiger partial charge is 0.133 e. The zero-order chi connectivity index (χ0) is 18.9. The van der Waals surface area contributed by atoms with Gasteiger partial charge >= 0.3 is 0 Å². The van der Waals surface area contributed by atoms with Crippen LogP contribution in [0.25, 0.3) is 0 Å². The average molecular weight is 419 g/mol. The van der Waals surface area contributed by atoms with Gasteiger partial charge in [0.15, 0.2) is 0 Å². The highest BCUT2D eigenvalue weighted by Gasteiger charge is 2.19. The Bertz CT molecular complexity index is 679. The van der Waals surface area contributed by atoms with Crippen LogP contribution < -0.4 is 9.47 Å². The molecule has 0 bridgehead atoms. The minimum absolute atomic E-state index is 0.883. The fourth-order valence-electron chi connectivity index (χ4n) is 3.40. The molecule has 0 aliphatic heterocycles. The third-order valence-corrected chi connectivity index (χ3v) is 5.65. The van der Waals surface area contributed by atoms with Crippen LogP contribution in [0.1, 0.15) is 49.3 Å². The maximum atomic E-state index is 5.38. The first-order valence-corrected chi connectivity index (χ1v) is 10.3. The van der Waals surface area contributed by atoms with Gasteiger partial charge in [-0.3, -0.25) is 0 Å². The first-order chi connectivity index (χ1) is 12.6. The van der Waals surface area contributed by atoms with E-state index in [4.69, 9.17) is 9.47 Å². The van der Waals surface area contributed by atoms with Gasteiger partial charge in [0.2, 0.25) is 0 Å². The summed E-state index contributed by atoms with van der Waals surface area (Å²) < 4.78 is 11.4. The highest BCUT2D eigenvalue weighted by atomic mass is 79.9. The van der Waals surface area contributed by atoms with E-state index in [1.165, 1.54) is 55.2 Å². The number of fused-ring (bicyclic) bond motifs is 1. The normalized spacial score (nSPS) is 15.5. The topological polar surface area (TPSA) is 18.5 Å². The second-order valence-electron chi connectivity index (χ2n) is 7.02. The van der Waals surface area contributed by atoms with Crippen molar-refractivity contribution in [1.29, 1.82) is 0 Å². The summed E-state index contributed by atoms with van der Waals surface area (Å²) in [4.78, 5) is 0. The lowest BCUT2D eigenvalue weighted by molar-refractivity contribution is 0.399. The monoisotopic (exact) mass is 418 g/mol. The van der Waals surface area contributed by atoms with Gasteiger partial charge in [-0.05, 0) is 83.4 Å². The van der Waals surface area contributed by atoms with E-state index < -0.39 is 0 Å². The number of aryl methyl sites for hydroxylation is 2. The largest absolute Gasteiger partial charge is 0.497 e. The lowest BCUT2D eigenvalue weighted by Crippen LogP contribution is -2.14. The number of rotatable bonds is 5. The van der Waals surface area contributed by atoms with Crippen molar-refractivity contribution in [3.05, 3.63) is 57.6 Å². The minimum Gasteiger partial charge on any atom is -0.497 e. The molecule has 3 heteroatoms. The van der Waals surface area contributed by atoms with Gasteiger partial charge in [0.25, 0.3) is 0 Å². The molecule has 2 nitrogen and oxygen atoms in total. The third kappa shape index (κ3) is 6.05. The SMILES string of the molecule is CCCC[C@@H]1CCc2cc(Br)c(OC)cc2C1.COc1ccc(C)cc1. The number of unbranched alkanes of at least 4 members (excludes halogenated alkanes) is 1. The molecule has 0 heterocycles. The molecule has 1 atom stereocenters. The van der Waals surface area contributed by atoms with Gasteiger partial charge in [-0.2, -0.15) is 0 Å². The molecule has 0 fully saturated rings. The molecule has 0 saturated heterocycles. The number of halogens is 1. The number of methoxy groups -OCH3 is 2. The van der Waals surface area contributed by atoms with E-state index in [2.05, 4.69) is 41.9 Å². The van der Waals surface area contributed by atoms with Crippen LogP contribution in [0.4, 0.5) is 0 Å². The number of hydrogen-bond donors (Lipinski definition) is 0. The van der Waals surface area contributed by atoms with Crippen molar-refractivity contribution in [3.8, 4) is 11.5 Å². The molecule has 0 spiro atoms. The van der Waals surface area contributed by atoms with Crippen molar-refractivity contribution in [2.75, 3.05) is 14.2 Å². The average Bonchev–Trinajstić information content (AvgIpc) is 2.67. The van der Waals surface area contributed by atoms with Crippen molar-refractivity contribution >= 4 is 15.9 Å². The predicted molar refractivity (Wildman–Crippen MR) is 113 cm³/mol. The summed E-state index contributed by atoms with van der Waals surface area (Å²) >= 11 is 3.57.